The van der Waals surface area contributed by atoms with E-state index in [0.29, 0.717) is 6.54 Å². The lowest BCUT2D eigenvalue weighted by Crippen LogP contribution is -2.24. The first-order chi connectivity index (χ1) is 7.04. The fraction of sp³-hybridized carbons (Fsp3) is 0.364. The number of hydrogen-bond acceptors (Lipinski definition) is 2. The van der Waals surface area contributed by atoms with E-state index < -0.39 is 5.67 Å². The second-order valence-electron chi connectivity index (χ2n) is 4.24. The van der Waals surface area contributed by atoms with Crippen molar-refractivity contribution in [2.45, 2.75) is 19.5 Å². The maximum Gasteiger partial charge on any atom is 0.122 e. The average molecular weight is 207 g/mol. The standard InChI is InChI=1S/C11H14FN3/c1-11(2,12)7-13-9-3-4-10-8(5-9)6-14-15-10/h3-6,13H,7H2,1-2H3,(H,14,15). The summed E-state index contributed by atoms with van der Waals surface area (Å²) in [5.74, 6) is 0. The molecule has 2 aromatic rings. The van der Waals surface area contributed by atoms with Crippen LogP contribution in [-0.4, -0.2) is 22.4 Å². The number of nitrogens with one attached hydrogen (secondary N) is 2. The van der Waals surface area contributed by atoms with Crippen LogP contribution < -0.4 is 5.32 Å². The van der Waals surface area contributed by atoms with Gasteiger partial charge in [-0.05, 0) is 32.0 Å². The number of benzene rings is 1. The number of alkyl halides is 1. The normalized spacial score (nSPS) is 11.9. The summed E-state index contributed by atoms with van der Waals surface area (Å²) in [6.07, 6.45) is 1.75. The fourth-order valence-electron chi connectivity index (χ4n) is 1.36. The average Bonchev–Trinajstić information content (AvgIpc) is 2.60. The zero-order valence-electron chi connectivity index (χ0n) is 8.84. The number of hydrogen-bond donors (Lipinski definition) is 2. The van der Waals surface area contributed by atoms with Crippen molar-refractivity contribution < 1.29 is 4.39 Å². The number of rotatable bonds is 3. The molecule has 1 aromatic carbocycles. The molecule has 0 aliphatic heterocycles. The van der Waals surface area contributed by atoms with E-state index in [1.54, 1.807) is 20.0 Å². The van der Waals surface area contributed by atoms with Gasteiger partial charge in [0.1, 0.15) is 5.67 Å². The van der Waals surface area contributed by atoms with Crippen molar-refractivity contribution in [1.82, 2.24) is 10.2 Å². The zero-order valence-corrected chi connectivity index (χ0v) is 8.84. The number of anilines is 1. The second-order valence-corrected chi connectivity index (χ2v) is 4.24. The Bertz CT molecular complexity index is 456. The predicted molar refractivity (Wildman–Crippen MR) is 59.8 cm³/mol. The maximum absolute atomic E-state index is 13.2. The number of halogens is 1. The molecular formula is C11H14FN3. The van der Waals surface area contributed by atoms with E-state index in [0.717, 1.165) is 16.6 Å². The van der Waals surface area contributed by atoms with E-state index in [1.807, 2.05) is 18.2 Å². The molecule has 0 fully saturated rings. The Hall–Kier alpha value is -1.58. The van der Waals surface area contributed by atoms with E-state index in [9.17, 15) is 4.39 Å². The predicted octanol–water partition coefficient (Wildman–Crippen LogP) is 2.72. The largest absolute Gasteiger partial charge is 0.382 e. The van der Waals surface area contributed by atoms with Crippen LogP contribution in [0.1, 0.15) is 13.8 Å². The number of nitrogens with zero attached hydrogens (tertiary/aromatic N) is 1. The fourth-order valence-corrected chi connectivity index (χ4v) is 1.36. The highest BCUT2D eigenvalue weighted by molar-refractivity contribution is 5.81. The Balaban J connectivity index is 2.15. The lowest BCUT2D eigenvalue weighted by atomic mass is 10.1. The second kappa shape index (κ2) is 3.53. The van der Waals surface area contributed by atoms with Crippen molar-refractivity contribution in [2.75, 3.05) is 11.9 Å². The van der Waals surface area contributed by atoms with Gasteiger partial charge in [-0.2, -0.15) is 5.10 Å². The summed E-state index contributed by atoms with van der Waals surface area (Å²) < 4.78 is 13.2. The molecule has 0 atom stereocenters. The smallest absolute Gasteiger partial charge is 0.122 e. The van der Waals surface area contributed by atoms with Gasteiger partial charge in [0.05, 0.1) is 11.7 Å². The molecule has 2 rings (SSSR count). The molecule has 0 aliphatic rings. The van der Waals surface area contributed by atoms with Crippen molar-refractivity contribution >= 4 is 16.6 Å². The van der Waals surface area contributed by atoms with Crippen molar-refractivity contribution in [1.29, 1.82) is 0 Å². The van der Waals surface area contributed by atoms with Gasteiger partial charge in [-0.1, -0.05) is 0 Å². The van der Waals surface area contributed by atoms with Crippen LogP contribution in [-0.2, 0) is 0 Å². The summed E-state index contributed by atoms with van der Waals surface area (Å²) in [6, 6.07) is 5.78. The molecule has 0 amide bonds. The first-order valence-electron chi connectivity index (χ1n) is 4.90. The highest BCUT2D eigenvalue weighted by Gasteiger charge is 2.14. The van der Waals surface area contributed by atoms with Gasteiger partial charge >= 0.3 is 0 Å². The molecule has 0 saturated heterocycles. The SMILES string of the molecule is CC(C)(F)CNc1ccc2[nH]ncc2c1. The summed E-state index contributed by atoms with van der Waals surface area (Å²) in [4.78, 5) is 0. The van der Waals surface area contributed by atoms with Gasteiger partial charge < -0.3 is 5.32 Å². The van der Waals surface area contributed by atoms with Gasteiger partial charge in [-0.3, -0.25) is 5.10 Å². The monoisotopic (exact) mass is 207 g/mol. The van der Waals surface area contributed by atoms with Crippen LogP contribution in [0.4, 0.5) is 10.1 Å². The summed E-state index contributed by atoms with van der Waals surface area (Å²) in [6.45, 7) is 3.41. The van der Waals surface area contributed by atoms with Crippen molar-refractivity contribution in [3.8, 4) is 0 Å². The molecule has 0 aliphatic carbocycles. The van der Waals surface area contributed by atoms with E-state index in [-0.39, 0.29) is 0 Å². The minimum atomic E-state index is -1.20. The molecule has 0 unspecified atom stereocenters. The van der Waals surface area contributed by atoms with Gasteiger partial charge in [0.25, 0.3) is 0 Å². The number of H-pyrrole nitrogens is 1. The molecule has 1 heterocycles. The summed E-state index contributed by atoms with van der Waals surface area (Å²) >= 11 is 0. The Morgan fingerprint density at radius 3 is 3.00 bits per heavy atom. The molecule has 0 radical (unpaired) electrons. The molecule has 4 heteroatoms. The highest BCUT2D eigenvalue weighted by atomic mass is 19.1. The van der Waals surface area contributed by atoms with Crippen LogP contribution in [0.2, 0.25) is 0 Å². The summed E-state index contributed by atoms with van der Waals surface area (Å²) in [5, 5.41) is 10.9. The molecule has 0 bridgehead atoms. The van der Waals surface area contributed by atoms with Gasteiger partial charge in [-0.15, -0.1) is 0 Å². The van der Waals surface area contributed by atoms with Crippen LogP contribution in [0.3, 0.4) is 0 Å². The quantitative estimate of drug-likeness (QED) is 0.812. The Morgan fingerprint density at radius 1 is 1.47 bits per heavy atom. The van der Waals surface area contributed by atoms with Crippen LogP contribution in [0.25, 0.3) is 10.9 Å². The Labute approximate surface area is 87.7 Å². The lowest BCUT2D eigenvalue weighted by molar-refractivity contribution is 0.235. The Kier molecular flexibility index (Phi) is 2.34. The van der Waals surface area contributed by atoms with Crippen LogP contribution >= 0.6 is 0 Å². The van der Waals surface area contributed by atoms with Gasteiger partial charge in [0, 0.05) is 17.6 Å². The number of aromatic nitrogens is 2. The first kappa shape index (κ1) is 9.96. The molecule has 80 valence electrons. The van der Waals surface area contributed by atoms with Crippen molar-refractivity contribution in [2.24, 2.45) is 0 Å². The molecular weight excluding hydrogens is 193 g/mol. The highest BCUT2D eigenvalue weighted by Crippen LogP contribution is 2.18. The third-order valence-electron chi connectivity index (χ3n) is 2.15. The van der Waals surface area contributed by atoms with Crippen LogP contribution in [0.15, 0.2) is 24.4 Å². The van der Waals surface area contributed by atoms with E-state index in [2.05, 4.69) is 15.5 Å². The van der Waals surface area contributed by atoms with Gasteiger partial charge in [0.2, 0.25) is 0 Å². The van der Waals surface area contributed by atoms with E-state index in [1.165, 1.54) is 0 Å². The third kappa shape index (κ3) is 2.46. The molecule has 15 heavy (non-hydrogen) atoms. The summed E-state index contributed by atoms with van der Waals surface area (Å²) in [7, 11) is 0. The summed E-state index contributed by atoms with van der Waals surface area (Å²) in [5.41, 5.74) is 0.695. The van der Waals surface area contributed by atoms with Gasteiger partial charge in [-0.25, -0.2) is 4.39 Å². The van der Waals surface area contributed by atoms with Crippen molar-refractivity contribution in [3.05, 3.63) is 24.4 Å². The molecule has 0 spiro atoms. The molecule has 2 N–H and O–H groups in total. The number of fused-ring (bicyclic) bond motifs is 1. The Morgan fingerprint density at radius 2 is 2.27 bits per heavy atom. The first-order valence-corrected chi connectivity index (χ1v) is 4.90. The minimum Gasteiger partial charge on any atom is -0.382 e. The van der Waals surface area contributed by atoms with E-state index >= 15 is 0 Å². The molecule has 1 aromatic heterocycles. The molecule has 0 saturated carbocycles. The third-order valence-corrected chi connectivity index (χ3v) is 2.15. The minimum absolute atomic E-state index is 0.302. The van der Waals surface area contributed by atoms with Crippen molar-refractivity contribution in [3.63, 3.8) is 0 Å². The van der Waals surface area contributed by atoms with Crippen LogP contribution in [0.5, 0.6) is 0 Å². The zero-order chi connectivity index (χ0) is 10.9. The van der Waals surface area contributed by atoms with Gasteiger partial charge in [0.15, 0.2) is 0 Å². The number of aromatic amines is 1. The topological polar surface area (TPSA) is 40.7 Å². The van der Waals surface area contributed by atoms with E-state index in [4.69, 9.17) is 0 Å². The lowest BCUT2D eigenvalue weighted by Gasteiger charge is -2.15. The maximum atomic E-state index is 13.2. The molecule has 3 nitrogen and oxygen atoms in total. The van der Waals surface area contributed by atoms with Crippen LogP contribution in [0, 0.1) is 0 Å².